The summed E-state index contributed by atoms with van der Waals surface area (Å²) in [6.45, 7) is 4.06. The smallest absolute Gasteiger partial charge is 0.111 e. The first-order chi connectivity index (χ1) is 8.61. The van der Waals surface area contributed by atoms with Crippen molar-refractivity contribution in [2.75, 3.05) is 26.5 Å². The van der Waals surface area contributed by atoms with Crippen molar-refractivity contribution in [1.82, 2.24) is 14.5 Å². The second-order valence-electron chi connectivity index (χ2n) is 4.91. The van der Waals surface area contributed by atoms with Gasteiger partial charge in [-0.05, 0) is 38.7 Å². The molecule has 18 heavy (non-hydrogen) atoms. The summed E-state index contributed by atoms with van der Waals surface area (Å²) in [4.78, 5) is 6.89. The van der Waals surface area contributed by atoms with Gasteiger partial charge in [-0.2, -0.15) is 0 Å². The quantitative estimate of drug-likeness (QED) is 0.775. The number of imidazole rings is 1. The van der Waals surface area contributed by atoms with Gasteiger partial charge in [0, 0.05) is 25.4 Å². The molecular weight excluding hydrogens is 246 g/mol. The van der Waals surface area contributed by atoms with Gasteiger partial charge < -0.3 is 9.47 Å². The van der Waals surface area contributed by atoms with Crippen LogP contribution in [0, 0.1) is 6.92 Å². The molecule has 1 heterocycles. The van der Waals surface area contributed by atoms with Gasteiger partial charge in [-0.3, -0.25) is 0 Å². The topological polar surface area (TPSA) is 21.1 Å². The maximum Gasteiger partial charge on any atom is 0.111 e. The van der Waals surface area contributed by atoms with Crippen LogP contribution in [0.1, 0.15) is 11.4 Å². The number of aryl methyl sites for hydroxylation is 2. The molecule has 0 amide bonds. The predicted octanol–water partition coefficient (Wildman–Crippen LogP) is 2.69. The number of halogens is 1. The molecule has 1 aromatic carbocycles. The van der Waals surface area contributed by atoms with Crippen molar-refractivity contribution >= 4 is 22.6 Å². The van der Waals surface area contributed by atoms with Crippen LogP contribution < -0.4 is 0 Å². The average Bonchev–Trinajstić information content (AvgIpc) is 2.63. The lowest BCUT2D eigenvalue weighted by atomic mass is 10.2. The number of aromatic nitrogens is 2. The molecule has 0 aliphatic rings. The Morgan fingerprint density at radius 2 is 2.11 bits per heavy atom. The van der Waals surface area contributed by atoms with E-state index in [1.165, 1.54) is 11.1 Å². The summed E-state index contributed by atoms with van der Waals surface area (Å²) in [5, 5.41) is 0. The van der Waals surface area contributed by atoms with Crippen molar-refractivity contribution in [2.45, 2.75) is 19.9 Å². The van der Waals surface area contributed by atoms with Gasteiger partial charge in [0.05, 0.1) is 11.0 Å². The van der Waals surface area contributed by atoms with Gasteiger partial charge >= 0.3 is 0 Å². The van der Waals surface area contributed by atoms with Gasteiger partial charge in [0.2, 0.25) is 0 Å². The van der Waals surface area contributed by atoms with Crippen LogP contribution in [-0.4, -0.2) is 41.0 Å². The first-order valence-electron chi connectivity index (χ1n) is 6.28. The zero-order valence-electron chi connectivity index (χ0n) is 11.3. The first-order valence-corrected chi connectivity index (χ1v) is 6.81. The summed E-state index contributed by atoms with van der Waals surface area (Å²) in [6.07, 6.45) is 0.822. The monoisotopic (exact) mass is 265 g/mol. The Balaban J connectivity index is 2.41. The van der Waals surface area contributed by atoms with Crippen LogP contribution in [0.2, 0.25) is 0 Å². The highest BCUT2D eigenvalue weighted by Gasteiger charge is 2.10. The van der Waals surface area contributed by atoms with Crippen LogP contribution in [0.5, 0.6) is 0 Å². The Bertz CT molecular complexity index is 531. The van der Waals surface area contributed by atoms with Crippen LogP contribution in [0.4, 0.5) is 0 Å². The van der Waals surface area contributed by atoms with E-state index in [2.05, 4.69) is 48.7 Å². The molecule has 0 unspecified atom stereocenters. The molecule has 4 heteroatoms. The molecule has 0 N–H and O–H groups in total. The Labute approximate surface area is 113 Å². The molecule has 0 spiro atoms. The third-order valence-corrected chi connectivity index (χ3v) is 3.26. The van der Waals surface area contributed by atoms with Crippen LogP contribution in [-0.2, 0) is 13.0 Å². The summed E-state index contributed by atoms with van der Waals surface area (Å²) < 4.78 is 2.29. The third-order valence-electron chi connectivity index (χ3n) is 3.07. The normalized spacial score (nSPS) is 11.6. The van der Waals surface area contributed by atoms with Crippen molar-refractivity contribution < 1.29 is 0 Å². The Morgan fingerprint density at radius 1 is 1.33 bits per heavy atom. The molecule has 0 aliphatic heterocycles. The van der Waals surface area contributed by atoms with Crippen LogP contribution >= 0.6 is 11.6 Å². The molecule has 0 atom stereocenters. The van der Waals surface area contributed by atoms with Crippen molar-refractivity contribution in [3.05, 3.63) is 29.6 Å². The number of alkyl halides is 1. The van der Waals surface area contributed by atoms with E-state index in [0.717, 1.165) is 30.9 Å². The van der Waals surface area contributed by atoms with E-state index in [9.17, 15) is 0 Å². The van der Waals surface area contributed by atoms with Gasteiger partial charge in [0.15, 0.2) is 0 Å². The number of hydrogen-bond donors (Lipinski definition) is 0. The van der Waals surface area contributed by atoms with Crippen molar-refractivity contribution in [2.24, 2.45) is 0 Å². The second-order valence-corrected chi connectivity index (χ2v) is 5.29. The number of rotatable bonds is 5. The zero-order valence-corrected chi connectivity index (χ0v) is 12.0. The lowest BCUT2D eigenvalue weighted by molar-refractivity contribution is 0.383. The molecule has 0 saturated carbocycles. The minimum atomic E-state index is 0.615. The minimum absolute atomic E-state index is 0.615. The largest absolute Gasteiger partial charge is 0.327 e. The average molecular weight is 266 g/mol. The molecular formula is C14H20ClN3. The Morgan fingerprint density at radius 3 is 2.78 bits per heavy atom. The fourth-order valence-electron chi connectivity index (χ4n) is 2.11. The zero-order chi connectivity index (χ0) is 13.1. The molecule has 1 aromatic heterocycles. The highest BCUT2D eigenvalue weighted by Crippen LogP contribution is 2.18. The number of fused-ring (bicyclic) bond motifs is 1. The second kappa shape index (κ2) is 5.72. The first kappa shape index (κ1) is 13.4. The van der Waals surface area contributed by atoms with Crippen molar-refractivity contribution in [1.29, 1.82) is 0 Å². The fraction of sp³-hybridized carbons (Fsp3) is 0.500. The SMILES string of the molecule is Cc1ccc2c(c1)nc(CCCl)n2CCN(C)C. The summed E-state index contributed by atoms with van der Waals surface area (Å²) >= 11 is 5.87. The molecule has 98 valence electrons. The third kappa shape index (κ3) is 2.85. The van der Waals surface area contributed by atoms with E-state index in [4.69, 9.17) is 16.6 Å². The number of likely N-dealkylation sites (N-methyl/N-ethyl adjacent to an activating group) is 1. The summed E-state index contributed by atoms with van der Waals surface area (Å²) in [6, 6.07) is 6.44. The lowest BCUT2D eigenvalue weighted by Crippen LogP contribution is -2.19. The number of nitrogens with zero attached hydrogens (tertiary/aromatic N) is 3. The van der Waals surface area contributed by atoms with Crippen molar-refractivity contribution in [3.63, 3.8) is 0 Å². The van der Waals surface area contributed by atoms with E-state index in [0.29, 0.717) is 5.88 Å². The van der Waals surface area contributed by atoms with Gasteiger partial charge in [0.1, 0.15) is 5.82 Å². The van der Waals surface area contributed by atoms with Gasteiger partial charge in [-0.1, -0.05) is 6.07 Å². The molecule has 0 aliphatic carbocycles. The molecule has 0 fully saturated rings. The lowest BCUT2D eigenvalue weighted by Gasteiger charge is -2.13. The number of benzene rings is 1. The van der Waals surface area contributed by atoms with E-state index >= 15 is 0 Å². The molecule has 0 saturated heterocycles. The summed E-state index contributed by atoms with van der Waals surface area (Å²) in [5.74, 6) is 1.71. The van der Waals surface area contributed by atoms with Gasteiger partial charge in [-0.25, -0.2) is 4.98 Å². The predicted molar refractivity (Wildman–Crippen MR) is 77.4 cm³/mol. The molecule has 2 aromatic rings. The van der Waals surface area contributed by atoms with E-state index in [1.807, 2.05) is 0 Å². The molecule has 2 rings (SSSR count). The molecule has 0 radical (unpaired) electrons. The van der Waals surface area contributed by atoms with Gasteiger partial charge in [0.25, 0.3) is 0 Å². The van der Waals surface area contributed by atoms with Crippen LogP contribution in [0.25, 0.3) is 11.0 Å². The highest BCUT2D eigenvalue weighted by atomic mass is 35.5. The van der Waals surface area contributed by atoms with E-state index < -0.39 is 0 Å². The fourth-order valence-corrected chi connectivity index (χ4v) is 2.28. The number of hydrogen-bond acceptors (Lipinski definition) is 2. The summed E-state index contributed by atoms with van der Waals surface area (Å²) in [5.41, 5.74) is 3.54. The van der Waals surface area contributed by atoms with Crippen molar-refractivity contribution in [3.8, 4) is 0 Å². The summed E-state index contributed by atoms with van der Waals surface area (Å²) in [7, 11) is 4.18. The van der Waals surface area contributed by atoms with Crippen LogP contribution in [0.15, 0.2) is 18.2 Å². The standard InChI is InChI=1S/C14H20ClN3/c1-11-4-5-13-12(10-11)16-14(6-7-15)18(13)9-8-17(2)3/h4-5,10H,6-9H2,1-3H3. The molecule has 3 nitrogen and oxygen atoms in total. The van der Waals surface area contributed by atoms with Gasteiger partial charge in [-0.15, -0.1) is 11.6 Å². The van der Waals surface area contributed by atoms with Crippen LogP contribution in [0.3, 0.4) is 0 Å². The Hall–Kier alpha value is -1.06. The molecule has 0 bridgehead atoms. The maximum absolute atomic E-state index is 5.87. The van der Waals surface area contributed by atoms with E-state index in [1.54, 1.807) is 0 Å². The Kier molecular flexibility index (Phi) is 4.25. The van der Waals surface area contributed by atoms with E-state index in [-0.39, 0.29) is 0 Å². The highest BCUT2D eigenvalue weighted by molar-refractivity contribution is 6.17. The maximum atomic E-state index is 5.87. The minimum Gasteiger partial charge on any atom is -0.327 e.